The van der Waals surface area contributed by atoms with E-state index in [2.05, 4.69) is 23.5 Å². The fourth-order valence-electron chi connectivity index (χ4n) is 4.56. The second-order valence-electron chi connectivity index (χ2n) is 8.61. The van der Waals surface area contributed by atoms with E-state index in [0.29, 0.717) is 16.7 Å². The van der Waals surface area contributed by atoms with Gasteiger partial charge < -0.3 is 4.90 Å². The number of amides is 1. The van der Waals surface area contributed by atoms with Gasteiger partial charge in [-0.25, -0.2) is 13.1 Å². The smallest absolute Gasteiger partial charge is 0.240 e. The molecular formula is C21H33N3O3S. The zero-order valence-electron chi connectivity index (χ0n) is 17.2. The third-order valence-electron chi connectivity index (χ3n) is 5.99. The Labute approximate surface area is 169 Å². The number of carbonyl (C=O) groups is 1. The number of nitrogens with one attached hydrogen (secondary N) is 1. The normalized spacial score (nSPS) is 26.2. The number of carbonyl (C=O) groups excluding carboxylic acids is 1. The topological polar surface area (TPSA) is 69.7 Å². The molecule has 156 valence electrons. The molecule has 2 aliphatic heterocycles. The number of nitrogens with zero attached hydrogens (tertiary/aromatic N) is 2. The first-order valence-corrected chi connectivity index (χ1v) is 11.8. The molecule has 0 aliphatic carbocycles. The minimum Gasteiger partial charge on any atom is -0.341 e. The van der Waals surface area contributed by atoms with Crippen LogP contribution in [-0.2, 0) is 14.8 Å². The molecule has 2 aliphatic rings. The van der Waals surface area contributed by atoms with Gasteiger partial charge >= 0.3 is 0 Å². The van der Waals surface area contributed by atoms with Gasteiger partial charge in [0.2, 0.25) is 15.9 Å². The van der Waals surface area contributed by atoms with Crippen LogP contribution in [-0.4, -0.2) is 62.4 Å². The van der Waals surface area contributed by atoms with Crippen molar-refractivity contribution in [3.63, 3.8) is 0 Å². The van der Waals surface area contributed by atoms with Gasteiger partial charge in [-0.3, -0.25) is 9.69 Å². The van der Waals surface area contributed by atoms with E-state index in [-0.39, 0.29) is 18.0 Å². The highest BCUT2D eigenvalue weighted by Gasteiger charge is 2.33. The Morgan fingerprint density at radius 2 is 1.64 bits per heavy atom. The van der Waals surface area contributed by atoms with E-state index in [1.165, 1.54) is 6.42 Å². The summed E-state index contributed by atoms with van der Waals surface area (Å²) in [6.07, 6.45) is 2.62. The van der Waals surface area contributed by atoms with Crippen LogP contribution in [0.3, 0.4) is 0 Å². The average Bonchev–Trinajstić information content (AvgIpc) is 2.67. The lowest BCUT2D eigenvalue weighted by molar-refractivity contribution is -0.139. The first-order valence-electron chi connectivity index (χ1n) is 10.4. The first-order chi connectivity index (χ1) is 13.3. The largest absolute Gasteiger partial charge is 0.341 e. The molecule has 0 bridgehead atoms. The molecule has 2 saturated heterocycles. The minimum atomic E-state index is -3.49. The summed E-state index contributed by atoms with van der Waals surface area (Å²) in [5.41, 5.74) is 0. The number of hydrogen-bond donors (Lipinski definition) is 1. The molecule has 1 amide bonds. The van der Waals surface area contributed by atoms with Crippen LogP contribution in [0.2, 0.25) is 0 Å². The van der Waals surface area contributed by atoms with E-state index in [1.54, 1.807) is 30.3 Å². The van der Waals surface area contributed by atoms with E-state index in [4.69, 9.17) is 0 Å². The van der Waals surface area contributed by atoms with Crippen molar-refractivity contribution in [1.82, 2.24) is 14.5 Å². The first kappa shape index (κ1) is 21.3. The fraction of sp³-hybridized carbons (Fsp3) is 0.667. The molecule has 2 fully saturated rings. The van der Waals surface area contributed by atoms with Crippen LogP contribution in [0.1, 0.15) is 40.0 Å². The van der Waals surface area contributed by atoms with Gasteiger partial charge in [0.25, 0.3) is 0 Å². The summed E-state index contributed by atoms with van der Waals surface area (Å²) in [4.78, 5) is 17.5. The average molecular weight is 408 g/mol. The highest BCUT2D eigenvalue weighted by molar-refractivity contribution is 7.89. The summed E-state index contributed by atoms with van der Waals surface area (Å²) in [6, 6.07) is 8.25. The molecule has 1 aromatic carbocycles. The molecule has 6 nitrogen and oxygen atoms in total. The van der Waals surface area contributed by atoms with Crippen molar-refractivity contribution in [2.45, 2.75) is 57.0 Å². The van der Waals surface area contributed by atoms with Crippen LogP contribution in [0.15, 0.2) is 35.2 Å². The van der Waals surface area contributed by atoms with E-state index >= 15 is 0 Å². The highest BCUT2D eigenvalue weighted by atomic mass is 32.2. The van der Waals surface area contributed by atoms with Crippen molar-refractivity contribution in [1.29, 1.82) is 0 Å². The van der Waals surface area contributed by atoms with E-state index < -0.39 is 10.0 Å². The van der Waals surface area contributed by atoms with Crippen molar-refractivity contribution in [3.05, 3.63) is 30.3 Å². The third-order valence-corrected chi connectivity index (χ3v) is 7.53. The highest BCUT2D eigenvalue weighted by Crippen LogP contribution is 2.23. The number of rotatable bonds is 5. The summed E-state index contributed by atoms with van der Waals surface area (Å²) in [5, 5.41) is 0. The van der Waals surface area contributed by atoms with Crippen molar-refractivity contribution < 1.29 is 13.2 Å². The van der Waals surface area contributed by atoms with E-state index in [0.717, 1.165) is 39.0 Å². The lowest BCUT2D eigenvalue weighted by atomic mass is 9.91. The number of likely N-dealkylation sites (tertiary alicyclic amines) is 2. The number of hydrogen-bond acceptors (Lipinski definition) is 4. The zero-order valence-corrected chi connectivity index (χ0v) is 18.0. The molecular weight excluding hydrogens is 374 g/mol. The molecule has 0 spiro atoms. The number of piperidine rings is 2. The molecule has 3 rings (SSSR count). The van der Waals surface area contributed by atoms with Gasteiger partial charge in [-0.15, -0.1) is 0 Å². The molecule has 7 heteroatoms. The Morgan fingerprint density at radius 1 is 1.07 bits per heavy atom. The molecule has 2 heterocycles. The monoisotopic (exact) mass is 407 g/mol. The van der Waals surface area contributed by atoms with Crippen LogP contribution >= 0.6 is 0 Å². The fourth-order valence-corrected chi connectivity index (χ4v) is 5.88. The maximum Gasteiger partial charge on any atom is 0.240 e. The van der Waals surface area contributed by atoms with E-state index in [1.807, 2.05) is 11.8 Å². The van der Waals surface area contributed by atoms with Gasteiger partial charge in [-0.05, 0) is 50.2 Å². The van der Waals surface area contributed by atoms with Crippen LogP contribution in [0.25, 0.3) is 0 Å². The zero-order chi connectivity index (χ0) is 20.3. The molecule has 0 radical (unpaired) electrons. The molecule has 1 aromatic rings. The quantitative estimate of drug-likeness (QED) is 0.813. The van der Waals surface area contributed by atoms with Gasteiger partial charge in [0, 0.05) is 32.2 Å². The van der Waals surface area contributed by atoms with Gasteiger partial charge in [0.1, 0.15) is 0 Å². The van der Waals surface area contributed by atoms with Crippen molar-refractivity contribution in [3.8, 4) is 0 Å². The van der Waals surface area contributed by atoms with Crippen LogP contribution < -0.4 is 4.72 Å². The second-order valence-corrected chi connectivity index (χ2v) is 10.3. The Balaban J connectivity index is 1.52. The predicted octanol–water partition coefficient (Wildman–Crippen LogP) is 2.32. The van der Waals surface area contributed by atoms with Crippen LogP contribution in [0, 0.1) is 11.8 Å². The standard InChI is InChI=1S/C21H33N3O3S/c1-16-13-17(2)15-24(14-16)21(25)18(3)23-11-9-19(10-12-23)22-28(26,27)20-7-5-4-6-8-20/h4-8,16-19,22H,9-15H2,1-3H3/t16-,17+,18-/m0/s1. The summed E-state index contributed by atoms with van der Waals surface area (Å²) in [5.74, 6) is 1.32. The Kier molecular flexibility index (Phi) is 6.78. The lowest BCUT2D eigenvalue weighted by Crippen LogP contribution is -2.54. The summed E-state index contributed by atoms with van der Waals surface area (Å²) >= 11 is 0. The summed E-state index contributed by atoms with van der Waals surface area (Å²) < 4.78 is 27.8. The SMILES string of the molecule is C[C@@H]1C[C@H](C)CN(C(=O)[C@H](C)N2CCC(NS(=O)(=O)c3ccccc3)CC2)C1. The van der Waals surface area contributed by atoms with E-state index in [9.17, 15) is 13.2 Å². The van der Waals surface area contributed by atoms with Crippen LogP contribution in [0.4, 0.5) is 0 Å². The van der Waals surface area contributed by atoms with Crippen LogP contribution in [0.5, 0.6) is 0 Å². The Bertz CT molecular complexity index is 750. The second kappa shape index (κ2) is 8.93. The summed E-state index contributed by atoms with van der Waals surface area (Å²) in [6.45, 7) is 9.57. The predicted molar refractivity (Wildman–Crippen MR) is 110 cm³/mol. The number of benzene rings is 1. The van der Waals surface area contributed by atoms with Crippen molar-refractivity contribution >= 4 is 15.9 Å². The molecule has 1 N–H and O–H groups in total. The molecule has 0 saturated carbocycles. The minimum absolute atomic E-state index is 0.0845. The van der Waals surface area contributed by atoms with Crippen molar-refractivity contribution in [2.75, 3.05) is 26.2 Å². The summed E-state index contributed by atoms with van der Waals surface area (Å²) in [7, 11) is -3.49. The van der Waals surface area contributed by atoms with Crippen molar-refractivity contribution in [2.24, 2.45) is 11.8 Å². The van der Waals surface area contributed by atoms with Gasteiger partial charge in [-0.2, -0.15) is 0 Å². The van der Waals surface area contributed by atoms with Gasteiger partial charge in [-0.1, -0.05) is 32.0 Å². The molecule has 0 aromatic heterocycles. The molecule has 28 heavy (non-hydrogen) atoms. The maximum absolute atomic E-state index is 13.0. The molecule has 3 atom stereocenters. The maximum atomic E-state index is 13.0. The van der Waals surface area contributed by atoms with Gasteiger partial charge in [0.05, 0.1) is 10.9 Å². The van der Waals surface area contributed by atoms with Gasteiger partial charge in [0.15, 0.2) is 0 Å². The molecule has 0 unspecified atom stereocenters. The Morgan fingerprint density at radius 3 is 2.21 bits per heavy atom. The Hall–Kier alpha value is -1.44. The number of sulfonamides is 1. The lowest BCUT2D eigenvalue weighted by Gasteiger charge is -2.40. The third kappa shape index (κ3) is 5.13.